The van der Waals surface area contributed by atoms with Crippen LogP contribution in [0, 0.1) is 0 Å². The normalized spacial score (nSPS) is 18.8. The summed E-state index contributed by atoms with van der Waals surface area (Å²) in [4.78, 5) is 2.43. The molecule has 0 radical (unpaired) electrons. The lowest BCUT2D eigenvalue weighted by molar-refractivity contribution is -0.0285. The molecule has 0 amide bonds. The minimum absolute atomic E-state index is 0.0317. The first-order valence-electron chi connectivity index (χ1n) is 10.3. The quantitative estimate of drug-likeness (QED) is 0.753. The van der Waals surface area contributed by atoms with Gasteiger partial charge in [0.05, 0.1) is 18.8 Å². The summed E-state index contributed by atoms with van der Waals surface area (Å²) in [5, 5.41) is 12.0. The van der Waals surface area contributed by atoms with E-state index in [1.807, 2.05) is 6.07 Å². The topological polar surface area (TPSA) is 32.7 Å². The minimum Gasteiger partial charge on any atom is -0.384 e. The van der Waals surface area contributed by atoms with E-state index in [4.69, 9.17) is 4.74 Å². The molecule has 3 nitrogen and oxygen atoms in total. The van der Waals surface area contributed by atoms with E-state index in [0.29, 0.717) is 0 Å². The SMILES string of the molecule is CCC[C@@](O)(c1ccc(CC)cc1)[C@@H](CN1CCOCC1)c1ccccc1. The molecule has 0 aromatic heterocycles. The van der Waals surface area contributed by atoms with Crippen molar-refractivity contribution in [1.82, 2.24) is 4.90 Å². The Morgan fingerprint density at radius 2 is 1.67 bits per heavy atom. The molecule has 0 aliphatic carbocycles. The van der Waals surface area contributed by atoms with Crippen molar-refractivity contribution in [1.29, 1.82) is 0 Å². The average Bonchev–Trinajstić information content (AvgIpc) is 2.73. The number of nitrogens with zero attached hydrogens (tertiary/aromatic N) is 1. The number of aliphatic hydroxyl groups is 1. The smallest absolute Gasteiger partial charge is 0.0976 e. The van der Waals surface area contributed by atoms with Crippen molar-refractivity contribution in [3.63, 3.8) is 0 Å². The van der Waals surface area contributed by atoms with Crippen LogP contribution in [0.15, 0.2) is 54.6 Å². The van der Waals surface area contributed by atoms with E-state index in [1.165, 1.54) is 11.1 Å². The van der Waals surface area contributed by atoms with E-state index in [-0.39, 0.29) is 5.92 Å². The fourth-order valence-corrected chi connectivity index (χ4v) is 4.19. The largest absolute Gasteiger partial charge is 0.384 e. The summed E-state index contributed by atoms with van der Waals surface area (Å²) in [6.07, 6.45) is 2.71. The van der Waals surface area contributed by atoms with Gasteiger partial charge in [0.15, 0.2) is 0 Å². The van der Waals surface area contributed by atoms with E-state index in [0.717, 1.165) is 57.7 Å². The number of rotatable bonds is 8. The van der Waals surface area contributed by atoms with E-state index >= 15 is 0 Å². The van der Waals surface area contributed by atoms with Gasteiger partial charge >= 0.3 is 0 Å². The Bertz CT molecular complexity index is 679. The molecule has 1 N–H and O–H groups in total. The van der Waals surface area contributed by atoms with Crippen molar-refractivity contribution in [2.45, 2.75) is 44.6 Å². The number of hydrogen-bond donors (Lipinski definition) is 1. The third kappa shape index (κ3) is 4.78. The average molecular weight is 368 g/mol. The van der Waals surface area contributed by atoms with Crippen LogP contribution in [0.4, 0.5) is 0 Å². The van der Waals surface area contributed by atoms with Gasteiger partial charge in [0, 0.05) is 25.6 Å². The molecule has 0 spiro atoms. The van der Waals surface area contributed by atoms with Crippen molar-refractivity contribution in [3.8, 4) is 0 Å². The maximum Gasteiger partial charge on any atom is 0.0976 e. The summed E-state index contributed by atoms with van der Waals surface area (Å²) in [5.74, 6) is 0.0317. The number of benzene rings is 2. The highest BCUT2D eigenvalue weighted by Gasteiger charge is 2.39. The summed E-state index contributed by atoms with van der Waals surface area (Å²) < 4.78 is 5.53. The summed E-state index contributed by atoms with van der Waals surface area (Å²) in [7, 11) is 0. The summed E-state index contributed by atoms with van der Waals surface area (Å²) >= 11 is 0. The molecule has 27 heavy (non-hydrogen) atoms. The lowest BCUT2D eigenvalue weighted by Gasteiger charge is -2.41. The van der Waals surface area contributed by atoms with Crippen molar-refractivity contribution in [3.05, 3.63) is 71.3 Å². The Hall–Kier alpha value is -1.68. The summed E-state index contributed by atoms with van der Waals surface area (Å²) in [6.45, 7) is 8.58. The minimum atomic E-state index is -0.874. The zero-order valence-corrected chi connectivity index (χ0v) is 16.7. The molecule has 2 aromatic carbocycles. The second-order valence-corrected chi connectivity index (χ2v) is 7.60. The Labute approximate surface area is 164 Å². The molecule has 0 bridgehead atoms. The molecule has 1 aliphatic rings. The molecule has 0 unspecified atom stereocenters. The maximum atomic E-state index is 12.0. The van der Waals surface area contributed by atoms with E-state index in [9.17, 15) is 5.11 Å². The van der Waals surface area contributed by atoms with Gasteiger partial charge in [-0.15, -0.1) is 0 Å². The van der Waals surface area contributed by atoms with Gasteiger partial charge < -0.3 is 9.84 Å². The van der Waals surface area contributed by atoms with E-state index in [2.05, 4.69) is 67.3 Å². The monoisotopic (exact) mass is 367 g/mol. The second-order valence-electron chi connectivity index (χ2n) is 7.60. The van der Waals surface area contributed by atoms with Crippen LogP contribution in [0.3, 0.4) is 0 Å². The number of ether oxygens (including phenoxy) is 1. The first-order chi connectivity index (χ1) is 13.2. The molecular formula is C24H33NO2. The fraction of sp³-hybridized carbons (Fsp3) is 0.500. The number of hydrogen-bond acceptors (Lipinski definition) is 3. The van der Waals surface area contributed by atoms with Gasteiger partial charge in [0.2, 0.25) is 0 Å². The van der Waals surface area contributed by atoms with Gasteiger partial charge in [0.1, 0.15) is 0 Å². The molecule has 1 fully saturated rings. The van der Waals surface area contributed by atoms with Crippen LogP contribution in [-0.2, 0) is 16.8 Å². The number of aryl methyl sites for hydroxylation is 1. The standard InChI is InChI=1S/C24H33NO2/c1-3-14-24(26,22-12-10-20(4-2)11-13-22)23(21-8-6-5-7-9-21)19-25-15-17-27-18-16-25/h5-13,23,26H,3-4,14-19H2,1-2H3/t23-,24+/m0/s1. The molecule has 1 heterocycles. The van der Waals surface area contributed by atoms with Crippen LogP contribution in [0.1, 0.15) is 49.3 Å². The Morgan fingerprint density at radius 1 is 1.00 bits per heavy atom. The van der Waals surface area contributed by atoms with E-state index in [1.54, 1.807) is 0 Å². The highest BCUT2D eigenvalue weighted by molar-refractivity contribution is 5.33. The molecule has 0 saturated carbocycles. The van der Waals surface area contributed by atoms with Crippen molar-refractivity contribution < 1.29 is 9.84 Å². The third-order valence-corrected chi connectivity index (χ3v) is 5.82. The van der Waals surface area contributed by atoms with Crippen LogP contribution in [-0.4, -0.2) is 42.9 Å². The lowest BCUT2D eigenvalue weighted by Crippen LogP contribution is -2.45. The molecule has 2 aromatic rings. The summed E-state index contributed by atoms with van der Waals surface area (Å²) in [5.41, 5.74) is 2.67. The second kappa shape index (κ2) is 9.50. The molecule has 2 atom stereocenters. The van der Waals surface area contributed by atoms with Gasteiger partial charge in [-0.05, 0) is 29.5 Å². The van der Waals surface area contributed by atoms with Crippen LogP contribution in [0.25, 0.3) is 0 Å². The zero-order valence-electron chi connectivity index (χ0n) is 16.7. The lowest BCUT2D eigenvalue weighted by atomic mass is 9.74. The molecule has 146 valence electrons. The highest BCUT2D eigenvalue weighted by Crippen LogP contribution is 2.41. The first kappa shape index (κ1) is 20.1. The molecular weight excluding hydrogens is 334 g/mol. The Balaban J connectivity index is 1.98. The van der Waals surface area contributed by atoms with Crippen LogP contribution >= 0.6 is 0 Å². The first-order valence-corrected chi connectivity index (χ1v) is 10.3. The van der Waals surface area contributed by atoms with Crippen molar-refractivity contribution >= 4 is 0 Å². The van der Waals surface area contributed by atoms with Crippen LogP contribution in [0.2, 0.25) is 0 Å². The molecule has 1 saturated heterocycles. The third-order valence-electron chi connectivity index (χ3n) is 5.82. The van der Waals surface area contributed by atoms with Crippen LogP contribution < -0.4 is 0 Å². The molecule has 3 rings (SSSR count). The van der Waals surface area contributed by atoms with Crippen molar-refractivity contribution in [2.24, 2.45) is 0 Å². The number of morpholine rings is 1. The zero-order chi connectivity index (χ0) is 19.1. The van der Waals surface area contributed by atoms with E-state index < -0.39 is 5.60 Å². The Morgan fingerprint density at radius 3 is 2.26 bits per heavy atom. The summed E-state index contributed by atoms with van der Waals surface area (Å²) in [6, 6.07) is 19.1. The van der Waals surface area contributed by atoms with Gasteiger partial charge in [0.25, 0.3) is 0 Å². The predicted octanol–water partition coefficient (Wildman–Crippen LogP) is 4.35. The molecule has 1 aliphatic heterocycles. The van der Waals surface area contributed by atoms with Gasteiger partial charge in [-0.3, -0.25) is 4.90 Å². The van der Waals surface area contributed by atoms with Gasteiger partial charge in [-0.1, -0.05) is 74.9 Å². The van der Waals surface area contributed by atoms with Gasteiger partial charge in [-0.25, -0.2) is 0 Å². The fourth-order valence-electron chi connectivity index (χ4n) is 4.19. The van der Waals surface area contributed by atoms with Crippen LogP contribution in [0.5, 0.6) is 0 Å². The predicted molar refractivity (Wildman–Crippen MR) is 111 cm³/mol. The highest BCUT2D eigenvalue weighted by atomic mass is 16.5. The van der Waals surface area contributed by atoms with Crippen molar-refractivity contribution in [2.75, 3.05) is 32.8 Å². The van der Waals surface area contributed by atoms with Gasteiger partial charge in [-0.2, -0.15) is 0 Å². The molecule has 3 heteroatoms. The Kier molecular flexibility index (Phi) is 7.06. The maximum absolute atomic E-state index is 12.0.